The van der Waals surface area contributed by atoms with E-state index in [-0.39, 0.29) is 35.2 Å². The molecule has 0 aromatic carbocycles. The van der Waals surface area contributed by atoms with E-state index < -0.39 is 24.2 Å². The SMILES string of the molecule is CO[C@]12CC[C@@H](N[C@H](C(=O)O)[C@@H](C)O)[C@@H]3OC4C(O)CCC5CC1N(C)CC[C@]32C54. The molecule has 0 aromatic heterocycles. The first-order valence-electron chi connectivity index (χ1n) is 11.5. The van der Waals surface area contributed by atoms with E-state index in [1.807, 2.05) is 7.11 Å². The fraction of sp³-hybridized carbons (Fsp3) is 0.955. The van der Waals surface area contributed by atoms with Gasteiger partial charge in [0, 0.05) is 30.5 Å². The number of nitrogens with zero attached hydrogens (tertiary/aromatic N) is 1. The van der Waals surface area contributed by atoms with Gasteiger partial charge in [-0.05, 0) is 65.0 Å². The number of carboxylic acid groups (broad SMARTS) is 1. The molecular formula is C22H36N2O6. The van der Waals surface area contributed by atoms with E-state index in [2.05, 4.69) is 17.3 Å². The third-order valence-corrected chi connectivity index (χ3v) is 9.44. The number of hydrogen-bond donors (Lipinski definition) is 4. The first-order chi connectivity index (χ1) is 14.3. The van der Waals surface area contributed by atoms with Crippen LogP contribution in [0, 0.1) is 17.3 Å². The van der Waals surface area contributed by atoms with Crippen molar-refractivity contribution in [2.24, 2.45) is 17.3 Å². The molecule has 3 saturated carbocycles. The van der Waals surface area contributed by atoms with Gasteiger partial charge in [-0.15, -0.1) is 0 Å². The lowest BCUT2D eigenvalue weighted by Gasteiger charge is -2.69. The van der Waals surface area contributed by atoms with Crippen molar-refractivity contribution in [2.45, 2.75) is 93.6 Å². The van der Waals surface area contributed by atoms with Crippen LogP contribution in [0.25, 0.3) is 0 Å². The Bertz CT molecular complexity index is 705. The summed E-state index contributed by atoms with van der Waals surface area (Å²) in [6.45, 7) is 2.46. The first-order valence-corrected chi connectivity index (χ1v) is 11.5. The van der Waals surface area contributed by atoms with E-state index in [0.29, 0.717) is 12.0 Å². The summed E-state index contributed by atoms with van der Waals surface area (Å²) in [5, 5.41) is 33.8. The predicted octanol–water partition coefficient (Wildman–Crippen LogP) is 0.206. The van der Waals surface area contributed by atoms with Crippen molar-refractivity contribution >= 4 is 5.97 Å². The van der Waals surface area contributed by atoms with Crippen LogP contribution in [-0.4, -0.2) is 95.0 Å². The third-order valence-electron chi connectivity index (χ3n) is 9.44. The number of ether oxygens (including phenoxy) is 2. The van der Waals surface area contributed by atoms with Gasteiger partial charge in [0.2, 0.25) is 0 Å². The molecule has 2 heterocycles. The van der Waals surface area contributed by atoms with Gasteiger partial charge in [0.25, 0.3) is 0 Å². The van der Waals surface area contributed by atoms with Crippen molar-refractivity contribution in [3.8, 4) is 0 Å². The fourth-order valence-electron chi connectivity index (χ4n) is 8.37. The topological polar surface area (TPSA) is 111 Å². The third kappa shape index (κ3) is 2.52. The van der Waals surface area contributed by atoms with Crippen molar-refractivity contribution in [2.75, 3.05) is 20.7 Å². The number of carboxylic acids is 1. The summed E-state index contributed by atoms with van der Waals surface area (Å²) in [6.07, 6.45) is 3.38. The molecule has 1 spiro atoms. The van der Waals surface area contributed by atoms with Gasteiger partial charge >= 0.3 is 5.97 Å². The summed E-state index contributed by atoms with van der Waals surface area (Å²) in [5.41, 5.74) is -0.592. The average Bonchev–Trinajstić information content (AvgIpc) is 3.06. The lowest BCUT2D eigenvalue weighted by Crippen LogP contribution is -2.79. The van der Waals surface area contributed by atoms with Gasteiger partial charge in [0.15, 0.2) is 0 Å². The molecule has 2 bridgehead atoms. The molecule has 3 aliphatic carbocycles. The second-order valence-electron chi connectivity index (χ2n) is 10.4. The summed E-state index contributed by atoms with van der Waals surface area (Å²) in [4.78, 5) is 14.2. The molecule has 5 aliphatic rings. The molecule has 2 saturated heterocycles. The van der Waals surface area contributed by atoms with Crippen LogP contribution in [0.5, 0.6) is 0 Å². The maximum absolute atomic E-state index is 11.8. The second kappa shape index (κ2) is 7.12. The van der Waals surface area contributed by atoms with Crippen LogP contribution in [0.2, 0.25) is 0 Å². The Morgan fingerprint density at radius 3 is 2.73 bits per heavy atom. The number of aliphatic hydroxyl groups excluding tert-OH is 2. The summed E-state index contributed by atoms with van der Waals surface area (Å²) in [7, 11) is 4.01. The quantitative estimate of drug-likeness (QED) is 0.496. The minimum Gasteiger partial charge on any atom is -0.480 e. The standard InChI is InChI=1S/C22H36N2O6/c1-11(25)17(20(27)28)23-13-6-7-22(29-3)15-10-12-4-5-14(26)18-16(12)21(22,19(13)30-18)8-9-24(15)2/h11-19,23,25-26H,4-10H2,1-3H3,(H,27,28)/t11-,12?,13-,14?,15?,16?,17+,18?,19+,21+,22-/m1/s1. The highest BCUT2D eigenvalue weighted by atomic mass is 16.5. The Kier molecular flexibility index (Phi) is 5.00. The number of likely N-dealkylation sites (tertiary alicyclic amines) is 1. The highest BCUT2D eigenvalue weighted by Crippen LogP contribution is 2.70. The Morgan fingerprint density at radius 1 is 1.30 bits per heavy atom. The first kappa shape index (κ1) is 21.1. The second-order valence-corrected chi connectivity index (χ2v) is 10.4. The minimum absolute atomic E-state index is 0.190. The van der Waals surface area contributed by atoms with E-state index in [1.165, 1.54) is 6.92 Å². The summed E-state index contributed by atoms with van der Waals surface area (Å²) in [6, 6.07) is -0.922. The largest absolute Gasteiger partial charge is 0.480 e. The van der Waals surface area contributed by atoms with E-state index in [0.717, 1.165) is 45.1 Å². The molecule has 2 aliphatic heterocycles. The highest BCUT2D eigenvalue weighted by molar-refractivity contribution is 5.74. The Hall–Kier alpha value is -0.770. The molecule has 11 atom stereocenters. The summed E-state index contributed by atoms with van der Waals surface area (Å²) < 4.78 is 13.1. The lowest BCUT2D eigenvalue weighted by atomic mass is 9.42. The van der Waals surface area contributed by atoms with Gasteiger partial charge in [0.05, 0.1) is 30.0 Å². The zero-order valence-electron chi connectivity index (χ0n) is 18.2. The molecule has 0 radical (unpaired) electrons. The molecule has 5 unspecified atom stereocenters. The van der Waals surface area contributed by atoms with E-state index in [9.17, 15) is 20.1 Å². The Labute approximate surface area is 177 Å². The fourth-order valence-corrected chi connectivity index (χ4v) is 8.37. The molecule has 8 heteroatoms. The van der Waals surface area contributed by atoms with E-state index in [1.54, 1.807) is 0 Å². The number of rotatable bonds is 5. The predicted molar refractivity (Wildman–Crippen MR) is 108 cm³/mol. The molecular weight excluding hydrogens is 388 g/mol. The number of methoxy groups -OCH3 is 1. The van der Waals surface area contributed by atoms with E-state index >= 15 is 0 Å². The van der Waals surface area contributed by atoms with Gasteiger partial charge in [-0.2, -0.15) is 0 Å². The van der Waals surface area contributed by atoms with Crippen molar-refractivity contribution in [3.05, 3.63) is 0 Å². The molecule has 5 fully saturated rings. The van der Waals surface area contributed by atoms with Crippen LogP contribution in [0.15, 0.2) is 0 Å². The number of nitrogens with one attached hydrogen (secondary N) is 1. The van der Waals surface area contributed by atoms with Crippen molar-refractivity contribution in [1.29, 1.82) is 0 Å². The minimum atomic E-state index is -1.05. The Balaban J connectivity index is 1.59. The molecule has 0 amide bonds. The molecule has 5 rings (SSSR count). The summed E-state index contributed by atoms with van der Waals surface area (Å²) >= 11 is 0. The van der Waals surface area contributed by atoms with Crippen LogP contribution in [0.1, 0.15) is 45.4 Å². The smallest absolute Gasteiger partial charge is 0.323 e. The van der Waals surface area contributed by atoms with Gasteiger partial charge in [-0.25, -0.2) is 0 Å². The van der Waals surface area contributed by atoms with Crippen LogP contribution < -0.4 is 5.32 Å². The van der Waals surface area contributed by atoms with Crippen LogP contribution in [0.3, 0.4) is 0 Å². The zero-order chi connectivity index (χ0) is 21.4. The van der Waals surface area contributed by atoms with Gasteiger partial charge in [0.1, 0.15) is 6.04 Å². The molecule has 30 heavy (non-hydrogen) atoms. The van der Waals surface area contributed by atoms with Gasteiger partial charge in [-0.1, -0.05) is 0 Å². The average molecular weight is 425 g/mol. The number of piperidine rings is 1. The molecule has 8 nitrogen and oxygen atoms in total. The molecule has 0 aromatic rings. The highest BCUT2D eigenvalue weighted by Gasteiger charge is 2.78. The molecule has 170 valence electrons. The van der Waals surface area contributed by atoms with E-state index in [4.69, 9.17) is 9.47 Å². The van der Waals surface area contributed by atoms with Crippen molar-refractivity contribution < 1.29 is 29.6 Å². The number of aliphatic hydroxyl groups is 2. The lowest BCUT2D eigenvalue weighted by molar-refractivity contribution is -0.269. The van der Waals surface area contributed by atoms with Crippen molar-refractivity contribution in [3.63, 3.8) is 0 Å². The maximum Gasteiger partial charge on any atom is 0.323 e. The Morgan fingerprint density at radius 2 is 2.07 bits per heavy atom. The van der Waals surface area contributed by atoms with Crippen LogP contribution >= 0.6 is 0 Å². The monoisotopic (exact) mass is 424 g/mol. The number of aliphatic carboxylic acids is 1. The number of likely N-dealkylation sites (N-methyl/N-ethyl adjacent to an activating group) is 1. The maximum atomic E-state index is 11.8. The molecule has 4 N–H and O–H groups in total. The van der Waals surface area contributed by atoms with Crippen LogP contribution in [-0.2, 0) is 14.3 Å². The van der Waals surface area contributed by atoms with Crippen molar-refractivity contribution in [1.82, 2.24) is 10.2 Å². The van der Waals surface area contributed by atoms with Gasteiger partial charge in [-0.3, -0.25) is 10.1 Å². The van der Waals surface area contributed by atoms with Crippen LogP contribution in [0.4, 0.5) is 0 Å². The zero-order valence-corrected chi connectivity index (χ0v) is 18.2. The normalized spacial score (nSPS) is 51.8. The summed E-state index contributed by atoms with van der Waals surface area (Å²) in [5.74, 6) is -0.329. The van der Waals surface area contributed by atoms with Gasteiger partial charge < -0.3 is 29.7 Å². The number of carbonyl (C=O) groups is 1. The number of hydrogen-bond acceptors (Lipinski definition) is 7.